The van der Waals surface area contributed by atoms with Crippen molar-refractivity contribution in [3.63, 3.8) is 0 Å². The zero-order valence-corrected chi connectivity index (χ0v) is 22.1. The van der Waals surface area contributed by atoms with Crippen molar-refractivity contribution in [1.82, 2.24) is 4.31 Å². The molecule has 12 heteroatoms. The number of methoxy groups -OCH3 is 3. The van der Waals surface area contributed by atoms with Gasteiger partial charge >= 0.3 is 5.97 Å². The lowest BCUT2D eigenvalue weighted by Gasteiger charge is -2.30. The average Bonchev–Trinajstić information content (AvgIpc) is 2.89. The quantitative estimate of drug-likeness (QED) is 0.479. The van der Waals surface area contributed by atoms with E-state index in [4.69, 9.17) is 30.5 Å². The van der Waals surface area contributed by atoms with Crippen LogP contribution in [0, 0.1) is 5.92 Å². The minimum Gasteiger partial charge on any atom is -0.493 e. The molecule has 1 heterocycles. The molecule has 3 rings (SSSR count). The summed E-state index contributed by atoms with van der Waals surface area (Å²) < 4.78 is 48.2. The van der Waals surface area contributed by atoms with Crippen LogP contribution in [0.15, 0.2) is 35.2 Å². The zero-order chi connectivity index (χ0) is 26.5. The number of carbonyl (C=O) groups is 2. The molecule has 2 aromatic carbocycles. The number of benzene rings is 2. The largest absolute Gasteiger partial charge is 0.493 e. The van der Waals surface area contributed by atoms with E-state index in [0.717, 1.165) is 0 Å². The summed E-state index contributed by atoms with van der Waals surface area (Å²) >= 11 is 6.17. The maximum absolute atomic E-state index is 13.1. The number of carbonyl (C=O) groups excluding carboxylic acids is 2. The lowest BCUT2D eigenvalue weighted by atomic mass is 9.97. The minimum absolute atomic E-state index is 0.0619. The minimum atomic E-state index is -3.79. The van der Waals surface area contributed by atoms with Gasteiger partial charge in [0.1, 0.15) is 5.75 Å². The molecule has 0 atom stereocenters. The predicted molar refractivity (Wildman–Crippen MR) is 134 cm³/mol. The summed E-state index contributed by atoms with van der Waals surface area (Å²) in [7, 11) is 0.312. The fourth-order valence-electron chi connectivity index (χ4n) is 3.92. The third-order valence-corrected chi connectivity index (χ3v) is 8.04. The summed E-state index contributed by atoms with van der Waals surface area (Å²) in [5.41, 5.74) is 0.319. The van der Waals surface area contributed by atoms with Crippen LogP contribution in [0.3, 0.4) is 0 Å². The smallest absolute Gasteiger partial charge is 0.340 e. The molecule has 0 bridgehead atoms. The molecule has 1 saturated heterocycles. The molecule has 1 N–H and O–H groups in total. The van der Waals surface area contributed by atoms with Crippen LogP contribution in [-0.2, 0) is 19.6 Å². The van der Waals surface area contributed by atoms with Gasteiger partial charge in [-0.05, 0) is 38.0 Å². The number of nitrogens with one attached hydrogen (secondary N) is 1. The first-order valence-corrected chi connectivity index (χ1v) is 13.1. The second-order valence-corrected chi connectivity index (χ2v) is 10.3. The van der Waals surface area contributed by atoms with Crippen molar-refractivity contribution < 1.29 is 37.0 Å². The highest BCUT2D eigenvalue weighted by atomic mass is 35.5. The summed E-state index contributed by atoms with van der Waals surface area (Å²) in [6, 6.07) is 7.26. The number of anilines is 1. The first kappa shape index (κ1) is 27.6. The molecule has 36 heavy (non-hydrogen) atoms. The summed E-state index contributed by atoms with van der Waals surface area (Å²) in [5, 5.41) is 2.97. The van der Waals surface area contributed by atoms with Gasteiger partial charge in [-0.2, -0.15) is 4.31 Å². The Morgan fingerprint density at radius 3 is 2.22 bits per heavy atom. The van der Waals surface area contributed by atoms with Crippen molar-refractivity contribution >= 4 is 39.2 Å². The van der Waals surface area contributed by atoms with Crippen LogP contribution in [-0.4, -0.2) is 65.6 Å². The molecule has 0 unspecified atom stereocenters. The van der Waals surface area contributed by atoms with Gasteiger partial charge in [-0.3, -0.25) is 4.79 Å². The van der Waals surface area contributed by atoms with Gasteiger partial charge in [-0.15, -0.1) is 0 Å². The highest BCUT2D eigenvalue weighted by Gasteiger charge is 2.33. The molecule has 0 radical (unpaired) electrons. The molecule has 196 valence electrons. The fourth-order valence-corrected chi connectivity index (χ4v) is 5.71. The van der Waals surface area contributed by atoms with Crippen LogP contribution < -0.4 is 19.5 Å². The molecule has 2 aromatic rings. The van der Waals surface area contributed by atoms with Gasteiger partial charge in [0.05, 0.1) is 49.1 Å². The molecule has 1 aliphatic rings. The van der Waals surface area contributed by atoms with Crippen LogP contribution in [0.4, 0.5) is 5.69 Å². The molecular weight excluding hydrogens is 512 g/mol. The van der Waals surface area contributed by atoms with Gasteiger partial charge in [-0.1, -0.05) is 11.6 Å². The number of halogens is 1. The second kappa shape index (κ2) is 11.8. The van der Waals surface area contributed by atoms with Crippen molar-refractivity contribution in [3.05, 3.63) is 40.9 Å². The highest BCUT2D eigenvalue weighted by Crippen LogP contribution is 2.35. The molecule has 0 aliphatic carbocycles. The number of esters is 1. The predicted octanol–water partition coefficient (Wildman–Crippen LogP) is 3.58. The lowest BCUT2D eigenvalue weighted by Crippen LogP contribution is -2.41. The van der Waals surface area contributed by atoms with Crippen molar-refractivity contribution in [2.45, 2.75) is 24.7 Å². The maximum atomic E-state index is 13.1. The standard InChI is InChI=1S/C24H29ClN2O8S/c1-5-35-20-7-6-16(12-18(20)25)36(30,31)27-10-8-15(9-11-27)23(28)26-19-14-22(33-3)21(32-2)13-17(19)24(29)34-4/h6-7,12-15H,5,8-11H2,1-4H3,(H,26,28). The fraction of sp³-hybridized carbons (Fsp3) is 0.417. The first-order valence-electron chi connectivity index (χ1n) is 11.2. The molecule has 1 aliphatic heterocycles. The van der Waals surface area contributed by atoms with Crippen LogP contribution >= 0.6 is 11.6 Å². The third-order valence-electron chi connectivity index (χ3n) is 5.85. The first-order chi connectivity index (χ1) is 17.2. The zero-order valence-electron chi connectivity index (χ0n) is 20.5. The monoisotopic (exact) mass is 540 g/mol. The number of nitrogens with zero attached hydrogens (tertiary/aromatic N) is 1. The van der Waals surface area contributed by atoms with E-state index in [-0.39, 0.29) is 40.2 Å². The highest BCUT2D eigenvalue weighted by molar-refractivity contribution is 7.89. The van der Waals surface area contributed by atoms with E-state index in [0.29, 0.717) is 36.7 Å². The third kappa shape index (κ3) is 5.85. The molecule has 0 spiro atoms. The summed E-state index contributed by atoms with van der Waals surface area (Å²) in [5.74, 6) is -0.400. The van der Waals surface area contributed by atoms with E-state index in [1.165, 1.54) is 56.0 Å². The van der Waals surface area contributed by atoms with Gasteiger partial charge in [0.25, 0.3) is 0 Å². The normalized spacial score (nSPS) is 14.7. The Morgan fingerprint density at radius 1 is 1.03 bits per heavy atom. The maximum Gasteiger partial charge on any atom is 0.340 e. The van der Waals surface area contributed by atoms with Crippen molar-refractivity contribution in [3.8, 4) is 17.2 Å². The van der Waals surface area contributed by atoms with E-state index < -0.39 is 21.9 Å². The van der Waals surface area contributed by atoms with E-state index in [1.807, 2.05) is 6.92 Å². The van der Waals surface area contributed by atoms with Crippen LogP contribution in [0.1, 0.15) is 30.1 Å². The number of piperidine rings is 1. The number of sulfonamides is 1. The average molecular weight is 541 g/mol. The van der Waals surface area contributed by atoms with Gasteiger partial charge in [0, 0.05) is 31.1 Å². The van der Waals surface area contributed by atoms with E-state index in [2.05, 4.69) is 5.32 Å². The number of rotatable bonds is 9. The topological polar surface area (TPSA) is 120 Å². The van der Waals surface area contributed by atoms with Gasteiger partial charge in [0.2, 0.25) is 15.9 Å². The van der Waals surface area contributed by atoms with Crippen molar-refractivity contribution in [2.75, 3.05) is 46.3 Å². The summed E-state index contributed by atoms with van der Waals surface area (Å²) in [6.45, 7) is 2.52. The van der Waals surface area contributed by atoms with E-state index in [9.17, 15) is 18.0 Å². The molecular formula is C24H29ClN2O8S. The Bertz CT molecular complexity index is 1230. The van der Waals surface area contributed by atoms with Crippen molar-refractivity contribution in [1.29, 1.82) is 0 Å². The number of hydrogen-bond acceptors (Lipinski definition) is 8. The van der Waals surface area contributed by atoms with E-state index >= 15 is 0 Å². The SMILES string of the molecule is CCOc1ccc(S(=O)(=O)N2CCC(C(=O)Nc3cc(OC)c(OC)cc3C(=O)OC)CC2)cc1Cl. The second-order valence-electron chi connectivity index (χ2n) is 7.94. The number of ether oxygens (including phenoxy) is 4. The Kier molecular flexibility index (Phi) is 9.04. The Labute approximate surface area is 215 Å². The van der Waals surface area contributed by atoms with Gasteiger partial charge < -0.3 is 24.3 Å². The van der Waals surface area contributed by atoms with Crippen LogP contribution in [0.2, 0.25) is 5.02 Å². The number of amides is 1. The van der Waals surface area contributed by atoms with Crippen molar-refractivity contribution in [2.24, 2.45) is 5.92 Å². The number of hydrogen-bond donors (Lipinski definition) is 1. The van der Waals surface area contributed by atoms with Crippen LogP contribution in [0.5, 0.6) is 17.2 Å². The molecule has 1 amide bonds. The molecule has 1 fully saturated rings. The Morgan fingerprint density at radius 2 is 1.67 bits per heavy atom. The summed E-state index contributed by atoms with van der Waals surface area (Å²) in [6.07, 6.45) is 0.605. The Balaban J connectivity index is 1.72. The molecule has 0 aromatic heterocycles. The van der Waals surface area contributed by atoms with E-state index in [1.54, 1.807) is 0 Å². The van der Waals surface area contributed by atoms with Crippen LogP contribution in [0.25, 0.3) is 0 Å². The lowest BCUT2D eigenvalue weighted by molar-refractivity contribution is -0.120. The molecule has 10 nitrogen and oxygen atoms in total. The van der Waals surface area contributed by atoms with Gasteiger partial charge in [-0.25, -0.2) is 13.2 Å². The Hall–Kier alpha value is -3.02. The summed E-state index contributed by atoms with van der Waals surface area (Å²) in [4.78, 5) is 25.4. The van der Waals surface area contributed by atoms with Gasteiger partial charge in [0.15, 0.2) is 11.5 Å². The molecule has 0 saturated carbocycles.